The summed E-state index contributed by atoms with van der Waals surface area (Å²) in [5.74, 6) is 2.57. The van der Waals surface area contributed by atoms with Crippen molar-refractivity contribution in [1.29, 1.82) is 0 Å². The zero-order valence-electron chi connectivity index (χ0n) is 44.5. The predicted octanol–water partition coefficient (Wildman–Crippen LogP) is 11.4. The number of nitrogens with zero attached hydrogens (tertiary/aromatic N) is 7. The first-order valence-electron chi connectivity index (χ1n) is 26.7. The number of carbonyl (C=O) groups excluding carboxylic acids is 3. The third kappa shape index (κ3) is 15.6. The van der Waals surface area contributed by atoms with E-state index in [1.54, 1.807) is 0 Å². The molecule has 0 aliphatic carbocycles. The zero-order valence-corrected chi connectivity index (χ0v) is 44.5. The van der Waals surface area contributed by atoms with E-state index in [1.165, 1.54) is 45.3 Å². The van der Waals surface area contributed by atoms with Gasteiger partial charge in [0.15, 0.2) is 0 Å². The first kappa shape index (κ1) is 54.0. The predicted molar refractivity (Wildman–Crippen MR) is 288 cm³/mol. The fourth-order valence-electron chi connectivity index (χ4n) is 9.72. The lowest BCUT2D eigenvalue weighted by atomic mass is 10.00. The Morgan fingerprint density at radius 1 is 0.814 bits per heavy atom. The van der Waals surface area contributed by atoms with Gasteiger partial charge in [0.1, 0.15) is 17.5 Å². The molecule has 13 nitrogen and oxygen atoms in total. The molecule has 2 aromatic carbocycles. The van der Waals surface area contributed by atoms with Crippen LogP contribution in [0.4, 0.5) is 17.3 Å². The van der Waals surface area contributed by atoms with Crippen LogP contribution in [0.15, 0.2) is 53.0 Å². The van der Waals surface area contributed by atoms with Crippen molar-refractivity contribution in [2.45, 2.75) is 176 Å². The number of amides is 3. The topological polar surface area (TPSA) is 136 Å². The van der Waals surface area contributed by atoms with Crippen LogP contribution in [0.1, 0.15) is 174 Å². The molecule has 382 valence electrons. The highest BCUT2D eigenvalue weighted by Crippen LogP contribution is 2.36. The number of rotatable bonds is 18. The Kier molecular flexibility index (Phi) is 19.4. The van der Waals surface area contributed by atoms with Gasteiger partial charge in [0.05, 0.1) is 18.1 Å². The van der Waals surface area contributed by atoms with Gasteiger partial charge in [0.2, 0.25) is 11.8 Å². The summed E-state index contributed by atoms with van der Waals surface area (Å²) in [4.78, 5) is 61.8. The molecule has 0 unspecified atom stereocenters. The number of benzene rings is 2. The number of hydrogen-bond acceptors (Lipinski definition) is 9. The number of anilines is 3. The van der Waals surface area contributed by atoms with Crippen LogP contribution in [0.5, 0.6) is 6.01 Å². The molecule has 3 aromatic rings. The van der Waals surface area contributed by atoms with E-state index < -0.39 is 0 Å². The number of unbranched alkanes of at least 4 members (excludes halogenated alkanes) is 2. The monoisotopic (exact) mass is 960 g/mol. The largest absolute Gasteiger partial charge is 0.460 e. The first-order chi connectivity index (χ1) is 33.4. The summed E-state index contributed by atoms with van der Waals surface area (Å²) >= 11 is 0. The van der Waals surface area contributed by atoms with E-state index in [1.807, 2.05) is 52.0 Å². The van der Waals surface area contributed by atoms with Crippen molar-refractivity contribution < 1.29 is 19.1 Å². The van der Waals surface area contributed by atoms with Crippen molar-refractivity contribution in [1.82, 2.24) is 24.7 Å². The lowest BCUT2D eigenvalue weighted by Gasteiger charge is -2.26. The van der Waals surface area contributed by atoms with Gasteiger partial charge in [-0.15, -0.1) is 0 Å². The van der Waals surface area contributed by atoms with E-state index in [0.717, 1.165) is 134 Å². The SMILES string of the molecule is CCCN(CCC)C(=O)C1=Cc2ccc(-c3ccc(C(=O)N4CCCC4)cc3)cc2NC(=NC(C)(C)C)C1.CCC[C@H](C)Oc1nc(NC(C)(C)C)c2c(n1)N(CCCCCN1CCCCC1)C(=O)C2. The van der Waals surface area contributed by atoms with Crippen molar-refractivity contribution in [2.24, 2.45) is 4.99 Å². The average molecular weight is 960 g/mol. The smallest absolute Gasteiger partial charge is 0.320 e. The summed E-state index contributed by atoms with van der Waals surface area (Å²) in [6.07, 6.45) is 16.3. The molecule has 0 spiro atoms. The van der Waals surface area contributed by atoms with Gasteiger partial charge in [-0.05, 0) is 167 Å². The van der Waals surface area contributed by atoms with Gasteiger partial charge < -0.3 is 30.1 Å². The number of fused-ring (bicyclic) bond motifs is 2. The van der Waals surface area contributed by atoms with Crippen LogP contribution in [0.2, 0.25) is 0 Å². The molecule has 0 saturated carbocycles. The second-order valence-corrected chi connectivity index (χ2v) is 21.8. The standard InChI is InChI=1S/C32H42N4O2.C25H43N5O2/c1-6-16-35(17-7-2)31(38)27-20-26-15-14-25(21-28(26)33-29(22-27)34-32(3,4)5)23-10-12-24(13-11-23)30(37)36-18-8-9-19-36;1-6-13-19(2)32-24-26-22(28-25(3,4)5)20-18-21(31)30(23(20)27-24)17-12-8-11-16-29-14-9-7-10-15-29/h10-15,20-21H,6-9,16-19,22H2,1-5H3,(H,33,34);19H,6-18H2,1-5H3,(H,26,27,28)/t;19-/m.0/s1. The number of nitrogens with one attached hydrogen (secondary N) is 2. The summed E-state index contributed by atoms with van der Waals surface area (Å²) in [5.41, 5.74) is 5.96. The zero-order chi connectivity index (χ0) is 50.4. The Morgan fingerprint density at radius 2 is 1.47 bits per heavy atom. The normalized spacial score (nSPS) is 17.2. The molecule has 0 bridgehead atoms. The third-order valence-corrected chi connectivity index (χ3v) is 13.0. The van der Waals surface area contributed by atoms with Gasteiger partial charge >= 0.3 is 6.01 Å². The molecule has 7 rings (SSSR count). The highest BCUT2D eigenvalue weighted by molar-refractivity contribution is 6.10. The minimum Gasteiger partial charge on any atom is -0.460 e. The molecular weight excluding hydrogens is 875 g/mol. The number of aliphatic imine (C=N–C) groups is 1. The van der Waals surface area contributed by atoms with Gasteiger partial charge in [0.25, 0.3) is 5.91 Å². The molecule has 1 aromatic heterocycles. The minimum atomic E-state index is -0.275. The Labute approximate surface area is 420 Å². The Bertz CT molecular complexity index is 2280. The van der Waals surface area contributed by atoms with Crippen LogP contribution < -0.4 is 20.3 Å². The van der Waals surface area contributed by atoms with E-state index in [0.29, 0.717) is 25.4 Å². The number of ether oxygens (including phenoxy) is 1. The molecule has 70 heavy (non-hydrogen) atoms. The van der Waals surface area contributed by atoms with Gasteiger partial charge in [-0.25, -0.2) is 0 Å². The van der Waals surface area contributed by atoms with Crippen LogP contribution in [0, 0.1) is 0 Å². The summed E-state index contributed by atoms with van der Waals surface area (Å²) in [6, 6.07) is 14.5. The quantitative estimate of drug-likeness (QED) is 0.119. The molecular formula is C57H85N9O4. The van der Waals surface area contributed by atoms with Crippen LogP contribution in [-0.2, 0) is 16.0 Å². The van der Waals surface area contributed by atoms with Crippen molar-refractivity contribution in [2.75, 3.05) is 67.9 Å². The van der Waals surface area contributed by atoms with Crippen molar-refractivity contribution in [3.8, 4) is 17.1 Å². The Morgan fingerprint density at radius 3 is 2.11 bits per heavy atom. The van der Waals surface area contributed by atoms with Gasteiger partial charge in [-0.2, -0.15) is 9.97 Å². The maximum Gasteiger partial charge on any atom is 0.320 e. The van der Waals surface area contributed by atoms with Gasteiger partial charge in [-0.3, -0.25) is 24.3 Å². The number of amidine groups is 1. The molecule has 2 fully saturated rings. The second-order valence-electron chi connectivity index (χ2n) is 21.8. The van der Waals surface area contributed by atoms with E-state index in [4.69, 9.17) is 14.7 Å². The number of piperidine rings is 1. The molecule has 0 radical (unpaired) electrons. The van der Waals surface area contributed by atoms with E-state index in [2.05, 4.69) is 101 Å². The van der Waals surface area contributed by atoms with E-state index >= 15 is 0 Å². The molecule has 1 atom stereocenters. The summed E-state index contributed by atoms with van der Waals surface area (Å²) in [5, 5.41) is 7.01. The average Bonchev–Trinajstić information content (AvgIpc) is 3.92. The van der Waals surface area contributed by atoms with Gasteiger partial charge in [-0.1, -0.05) is 64.3 Å². The van der Waals surface area contributed by atoms with Crippen molar-refractivity contribution in [3.05, 3.63) is 64.7 Å². The fraction of sp³-hybridized carbons (Fsp3) is 0.614. The molecule has 13 heteroatoms. The summed E-state index contributed by atoms with van der Waals surface area (Å²) in [6.45, 7) is 28.5. The van der Waals surface area contributed by atoms with Crippen LogP contribution in [0.25, 0.3) is 17.2 Å². The van der Waals surface area contributed by atoms with Crippen LogP contribution in [0.3, 0.4) is 0 Å². The lowest BCUT2D eigenvalue weighted by molar-refractivity contribution is -0.127. The number of carbonyl (C=O) groups is 3. The first-order valence-corrected chi connectivity index (χ1v) is 26.7. The number of hydrogen-bond donors (Lipinski definition) is 2. The number of likely N-dealkylation sites (tertiary alicyclic amines) is 2. The number of aromatic nitrogens is 2. The van der Waals surface area contributed by atoms with Crippen LogP contribution in [-0.4, -0.2) is 118 Å². The Balaban J connectivity index is 0.000000233. The molecule has 4 aliphatic rings. The highest BCUT2D eigenvalue weighted by Gasteiger charge is 2.34. The second kappa shape index (κ2) is 25.2. The Hall–Kier alpha value is -5.30. The van der Waals surface area contributed by atoms with Crippen molar-refractivity contribution >= 4 is 47.0 Å². The fourth-order valence-corrected chi connectivity index (χ4v) is 9.72. The molecule has 2 N–H and O–H groups in total. The lowest BCUT2D eigenvalue weighted by Crippen LogP contribution is -2.34. The molecule has 2 saturated heterocycles. The highest BCUT2D eigenvalue weighted by atomic mass is 16.5. The maximum absolute atomic E-state index is 13.6. The van der Waals surface area contributed by atoms with Crippen molar-refractivity contribution in [3.63, 3.8) is 0 Å². The maximum atomic E-state index is 13.6. The van der Waals surface area contributed by atoms with Gasteiger partial charge in [0, 0.05) is 67.1 Å². The summed E-state index contributed by atoms with van der Waals surface area (Å²) in [7, 11) is 0. The van der Waals surface area contributed by atoms with E-state index in [-0.39, 0.29) is 34.9 Å². The summed E-state index contributed by atoms with van der Waals surface area (Å²) < 4.78 is 6.02. The third-order valence-electron chi connectivity index (χ3n) is 13.0. The van der Waals surface area contributed by atoms with Crippen LogP contribution >= 0.6 is 0 Å². The molecule has 3 amide bonds. The minimum absolute atomic E-state index is 0.0425. The molecule has 5 heterocycles. The van der Waals surface area contributed by atoms with E-state index in [9.17, 15) is 14.4 Å². The molecule has 4 aliphatic heterocycles.